The van der Waals surface area contributed by atoms with Gasteiger partial charge in [0.1, 0.15) is 5.01 Å². The Labute approximate surface area is 90.0 Å². The van der Waals surface area contributed by atoms with Crippen molar-refractivity contribution in [1.29, 1.82) is 0 Å². The quantitative estimate of drug-likeness (QED) is 0.837. The molecule has 1 rings (SSSR count). The summed E-state index contributed by atoms with van der Waals surface area (Å²) >= 11 is 1.70. The molecule has 1 aromatic rings. The molecule has 1 N–H and O–H groups in total. The van der Waals surface area contributed by atoms with Gasteiger partial charge in [-0.2, -0.15) is 0 Å². The van der Waals surface area contributed by atoms with Crippen molar-refractivity contribution in [1.82, 2.24) is 4.98 Å². The topological polar surface area (TPSA) is 33.1 Å². The zero-order valence-electron chi connectivity index (χ0n) is 9.59. The first-order chi connectivity index (χ1) is 6.38. The Hall–Kier alpha value is -0.410. The number of aliphatic hydroxyl groups excluding tert-OH is 1. The first-order valence-electron chi connectivity index (χ1n) is 4.97. The molecule has 14 heavy (non-hydrogen) atoms. The molecule has 1 heterocycles. The van der Waals surface area contributed by atoms with E-state index < -0.39 is 0 Å². The predicted octanol–water partition coefficient (Wildman–Crippen LogP) is 2.84. The number of aliphatic hydroxyl groups is 1. The standard InChI is InChI=1S/C11H19NOS/c1-7(2)9-8(3)14-10(12-9)11(4,5)6-13/h7,13H,6H2,1-5H3. The van der Waals surface area contributed by atoms with E-state index in [9.17, 15) is 5.11 Å². The second kappa shape index (κ2) is 3.99. The van der Waals surface area contributed by atoms with Gasteiger partial charge in [-0.25, -0.2) is 4.98 Å². The van der Waals surface area contributed by atoms with E-state index in [4.69, 9.17) is 0 Å². The molecule has 0 amide bonds. The van der Waals surface area contributed by atoms with E-state index in [1.54, 1.807) is 11.3 Å². The van der Waals surface area contributed by atoms with Gasteiger partial charge >= 0.3 is 0 Å². The molecule has 0 aliphatic rings. The normalized spacial score (nSPS) is 12.5. The van der Waals surface area contributed by atoms with Gasteiger partial charge in [-0.15, -0.1) is 11.3 Å². The Morgan fingerprint density at radius 3 is 2.36 bits per heavy atom. The minimum atomic E-state index is -0.206. The highest BCUT2D eigenvalue weighted by Crippen LogP contribution is 2.31. The highest BCUT2D eigenvalue weighted by Gasteiger charge is 2.25. The SMILES string of the molecule is Cc1sc(C(C)(C)CO)nc1C(C)C. The smallest absolute Gasteiger partial charge is 0.101 e. The van der Waals surface area contributed by atoms with Gasteiger partial charge in [0.2, 0.25) is 0 Å². The summed E-state index contributed by atoms with van der Waals surface area (Å²) in [7, 11) is 0. The van der Waals surface area contributed by atoms with E-state index in [1.807, 2.05) is 13.8 Å². The molecule has 0 spiro atoms. The Morgan fingerprint density at radius 1 is 1.43 bits per heavy atom. The molecule has 0 aromatic carbocycles. The molecular weight excluding hydrogens is 194 g/mol. The Balaban J connectivity index is 3.08. The third-order valence-corrected chi connectivity index (χ3v) is 3.71. The Morgan fingerprint density at radius 2 is 2.00 bits per heavy atom. The maximum Gasteiger partial charge on any atom is 0.101 e. The fraction of sp³-hybridized carbons (Fsp3) is 0.727. The summed E-state index contributed by atoms with van der Waals surface area (Å²) in [6.07, 6.45) is 0. The van der Waals surface area contributed by atoms with E-state index >= 15 is 0 Å². The molecule has 0 bridgehead atoms. The molecule has 2 nitrogen and oxygen atoms in total. The second-order valence-corrected chi connectivity index (χ2v) is 5.86. The third kappa shape index (κ3) is 2.15. The maximum absolute atomic E-state index is 9.25. The van der Waals surface area contributed by atoms with Gasteiger partial charge in [0.05, 0.1) is 12.3 Å². The van der Waals surface area contributed by atoms with Crippen LogP contribution >= 0.6 is 11.3 Å². The van der Waals surface area contributed by atoms with Crippen LogP contribution in [0.3, 0.4) is 0 Å². The highest BCUT2D eigenvalue weighted by molar-refractivity contribution is 7.11. The Bertz CT molecular complexity index is 315. The van der Waals surface area contributed by atoms with Crippen LogP contribution in [-0.4, -0.2) is 16.7 Å². The molecule has 1 aromatic heterocycles. The maximum atomic E-state index is 9.25. The van der Waals surface area contributed by atoms with E-state index in [2.05, 4.69) is 25.8 Å². The molecule has 0 saturated heterocycles. The number of aryl methyl sites for hydroxylation is 1. The van der Waals surface area contributed by atoms with Crippen LogP contribution in [0.2, 0.25) is 0 Å². The number of aromatic nitrogens is 1. The van der Waals surface area contributed by atoms with Gasteiger partial charge in [0.25, 0.3) is 0 Å². The van der Waals surface area contributed by atoms with Crippen LogP contribution in [0, 0.1) is 6.92 Å². The van der Waals surface area contributed by atoms with Gasteiger partial charge in [0.15, 0.2) is 0 Å². The average Bonchev–Trinajstić information content (AvgIpc) is 2.48. The summed E-state index contributed by atoms with van der Waals surface area (Å²) in [5, 5.41) is 10.3. The molecule has 3 heteroatoms. The Kier molecular flexibility index (Phi) is 3.32. The fourth-order valence-corrected chi connectivity index (χ4v) is 2.46. The van der Waals surface area contributed by atoms with Crippen molar-refractivity contribution in [2.45, 2.75) is 46.0 Å². The number of hydrogen-bond acceptors (Lipinski definition) is 3. The summed E-state index contributed by atoms with van der Waals surface area (Å²) in [6, 6.07) is 0. The lowest BCUT2D eigenvalue weighted by Crippen LogP contribution is -2.21. The first-order valence-corrected chi connectivity index (χ1v) is 5.79. The zero-order valence-corrected chi connectivity index (χ0v) is 10.4. The highest BCUT2D eigenvalue weighted by atomic mass is 32.1. The molecule has 0 unspecified atom stereocenters. The lowest BCUT2D eigenvalue weighted by Gasteiger charge is -2.17. The van der Waals surface area contributed by atoms with Crippen LogP contribution in [0.1, 0.15) is 49.2 Å². The fourth-order valence-electron chi connectivity index (χ4n) is 1.30. The largest absolute Gasteiger partial charge is 0.395 e. The second-order valence-electron chi connectivity index (χ2n) is 4.66. The summed E-state index contributed by atoms with van der Waals surface area (Å²) in [5.41, 5.74) is 0.967. The van der Waals surface area contributed by atoms with Crippen molar-refractivity contribution in [3.63, 3.8) is 0 Å². The molecule has 0 aliphatic carbocycles. The van der Waals surface area contributed by atoms with Crippen LogP contribution < -0.4 is 0 Å². The summed E-state index contributed by atoms with van der Waals surface area (Å²) in [5.74, 6) is 0.467. The van der Waals surface area contributed by atoms with Crippen molar-refractivity contribution in [3.05, 3.63) is 15.6 Å². The lowest BCUT2D eigenvalue weighted by atomic mass is 9.96. The van der Waals surface area contributed by atoms with E-state index in [-0.39, 0.29) is 12.0 Å². The van der Waals surface area contributed by atoms with Crippen molar-refractivity contribution < 1.29 is 5.11 Å². The van der Waals surface area contributed by atoms with E-state index in [1.165, 1.54) is 10.6 Å². The number of nitrogens with zero attached hydrogens (tertiary/aromatic N) is 1. The van der Waals surface area contributed by atoms with E-state index in [0.717, 1.165) is 5.01 Å². The number of rotatable bonds is 3. The molecule has 0 radical (unpaired) electrons. The van der Waals surface area contributed by atoms with Gasteiger partial charge in [-0.1, -0.05) is 27.7 Å². The van der Waals surface area contributed by atoms with Crippen LogP contribution in [0.4, 0.5) is 0 Å². The van der Waals surface area contributed by atoms with Crippen LogP contribution in [0.25, 0.3) is 0 Å². The van der Waals surface area contributed by atoms with Crippen molar-refractivity contribution >= 4 is 11.3 Å². The number of thiazole rings is 1. The predicted molar refractivity (Wildman–Crippen MR) is 61.1 cm³/mol. The van der Waals surface area contributed by atoms with Crippen molar-refractivity contribution in [3.8, 4) is 0 Å². The van der Waals surface area contributed by atoms with Gasteiger partial charge in [-0.05, 0) is 12.8 Å². The van der Waals surface area contributed by atoms with E-state index in [0.29, 0.717) is 5.92 Å². The third-order valence-electron chi connectivity index (χ3n) is 2.35. The molecule has 80 valence electrons. The van der Waals surface area contributed by atoms with Crippen LogP contribution in [0.5, 0.6) is 0 Å². The van der Waals surface area contributed by atoms with Crippen LogP contribution in [0.15, 0.2) is 0 Å². The molecule has 0 aliphatic heterocycles. The average molecular weight is 213 g/mol. The molecule has 0 atom stereocenters. The molecule has 0 fully saturated rings. The van der Waals surface area contributed by atoms with Crippen molar-refractivity contribution in [2.75, 3.05) is 6.61 Å². The summed E-state index contributed by atoms with van der Waals surface area (Å²) in [6.45, 7) is 10.6. The summed E-state index contributed by atoms with van der Waals surface area (Å²) < 4.78 is 0. The molecule has 0 saturated carbocycles. The van der Waals surface area contributed by atoms with Gasteiger partial charge in [-0.3, -0.25) is 0 Å². The first kappa shape index (κ1) is 11.7. The zero-order chi connectivity index (χ0) is 10.9. The monoisotopic (exact) mass is 213 g/mol. The minimum absolute atomic E-state index is 0.150. The van der Waals surface area contributed by atoms with Gasteiger partial charge in [0, 0.05) is 10.3 Å². The minimum Gasteiger partial charge on any atom is -0.395 e. The molecular formula is C11H19NOS. The van der Waals surface area contributed by atoms with Crippen LogP contribution in [-0.2, 0) is 5.41 Å². The van der Waals surface area contributed by atoms with Gasteiger partial charge < -0.3 is 5.11 Å². The number of hydrogen-bond donors (Lipinski definition) is 1. The lowest BCUT2D eigenvalue weighted by molar-refractivity contribution is 0.218. The summed E-state index contributed by atoms with van der Waals surface area (Å²) in [4.78, 5) is 5.88. The van der Waals surface area contributed by atoms with Crippen molar-refractivity contribution in [2.24, 2.45) is 0 Å².